The summed E-state index contributed by atoms with van der Waals surface area (Å²) in [6.45, 7) is 0. The zero-order valence-corrected chi connectivity index (χ0v) is 18.5. The SMILES string of the molecule is O=S(=O)(NC12CC3CC(CC(C3)C1)C2)c1ccc(NC(=S)NC2CCCC2)cc1. The normalized spacial score (nSPS) is 33.7. The van der Waals surface area contributed by atoms with E-state index in [1.54, 1.807) is 24.3 Å². The van der Waals surface area contributed by atoms with E-state index in [-0.39, 0.29) is 5.54 Å². The van der Waals surface area contributed by atoms with Gasteiger partial charge in [0.25, 0.3) is 0 Å². The van der Waals surface area contributed by atoms with Crippen molar-refractivity contribution in [1.29, 1.82) is 0 Å². The molecule has 158 valence electrons. The van der Waals surface area contributed by atoms with Crippen molar-refractivity contribution in [1.82, 2.24) is 10.0 Å². The van der Waals surface area contributed by atoms with E-state index in [0.29, 0.717) is 33.8 Å². The molecule has 3 N–H and O–H groups in total. The number of anilines is 1. The van der Waals surface area contributed by atoms with Gasteiger partial charge in [0.1, 0.15) is 0 Å². The Bertz CT molecular complexity index is 841. The maximum atomic E-state index is 13.1. The fourth-order valence-corrected chi connectivity index (χ4v) is 8.44. The van der Waals surface area contributed by atoms with Crippen LogP contribution in [0, 0.1) is 17.8 Å². The third-order valence-electron chi connectivity index (χ3n) is 7.50. The summed E-state index contributed by atoms with van der Waals surface area (Å²) in [5.74, 6) is 2.14. The molecule has 0 aromatic heterocycles. The molecule has 5 saturated carbocycles. The molecule has 1 aromatic rings. The average molecular weight is 434 g/mol. The second kappa shape index (κ2) is 7.50. The molecule has 29 heavy (non-hydrogen) atoms. The number of nitrogens with one attached hydrogen (secondary N) is 3. The molecule has 5 aliphatic rings. The summed E-state index contributed by atoms with van der Waals surface area (Å²) < 4.78 is 29.4. The smallest absolute Gasteiger partial charge is 0.241 e. The van der Waals surface area contributed by atoms with E-state index in [1.165, 1.54) is 32.1 Å². The molecular formula is C22H31N3O2S2. The predicted molar refractivity (Wildman–Crippen MR) is 119 cm³/mol. The molecule has 0 aliphatic heterocycles. The lowest BCUT2D eigenvalue weighted by molar-refractivity contribution is -0.00810. The lowest BCUT2D eigenvalue weighted by Gasteiger charge is -2.56. The number of thiocarbonyl (C=S) groups is 1. The van der Waals surface area contributed by atoms with Gasteiger partial charge in [-0.25, -0.2) is 13.1 Å². The molecule has 4 bridgehead atoms. The highest BCUT2D eigenvalue weighted by molar-refractivity contribution is 7.89. The van der Waals surface area contributed by atoms with Crippen LogP contribution in [0.1, 0.15) is 64.2 Å². The summed E-state index contributed by atoms with van der Waals surface area (Å²) in [6.07, 6.45) is 11.8. The number of benzene rings is 1. The topological polar surface area (TPSA) is 70.2 Å². The number of hydrogen-bond donors (Lipinski definition) is 3. The van der Waals surface area contributed by atoms with Crippen molar-refractivity contribution in [2.24, 2.45) is 17.8 Å². The Balaban J connectivity index is 1.24. The van der Waals surface area contributed by atoms with Crippen LogP contribution in [-0.2, 0) is 10.0 Å². The maximum absolute atomic E-state index is 13.1. The molecule has 7 heteroatoms. The van der Waals surface area contributed by atoms with E-state index >= 15 is 0 Å². The first kappa shape index (κ1) is 19.8. The molecular weight excluding hydrogens is 402 g/mol. The van der Waals surface area contributed by atoms with Crippen LogP contribution in [0.4, 0.5) is 5.69 Å². The lowest BCUT2D eigenvalue weighted by atomic mass is 9.53. The van der Waals surface area contributed by atoms with Crippen molar-refractivity contribution in [3.8, 4) is 0 Å². The summed E-state index contributed by atoms with van der Waals surface area (Å²) >= 11 is 5.40. The van der Waals surface area contributed by atoms with Crippen LogP contribution in [0.15, 0.2) is 29.2 Å². The van der Waals surface area contributed by atoms with Crippen molar-refractivity contribution >= 4 is 33.0 Å². The summed E-state index contributed by atoms with van der Waals surface area (Å²) in [5, 5.41) is 7.14. The van der Waals surface area contributed by atoms with Crippen molar-refractivity contribution in [2.75, 3.05) is 5.32 Å². The van der Waals surface area contributed by atoms with Crippen LogP contribution >= 0.6 is 12.2 Å². The minimum atomic E-state index is -3.51. The molecule has 5 fully saturated rings. The third kappa shape index (κ3) is 4.19. The number of hydrogen-bond acceptors (Lipinski definition) is 3. The Morgan fingerprint density at radius 1 is 0.931 bits per heavy atom. The van der Waals surface area contributed by atoms with Gasteiger partial charge in [-0.1, -0.05) is 12.8 Å². The minimum absolute atomic E-state index is 0.211. The van der Waals surface area contributed by atoms with E-state index in [1.807, 2.05) is 0 Å². The van der Waals surface area contributed by atoms with Gasteiger partial charge in [0.2, 0.25) is 10.0 Å². The van der Waals surface area contributed by atoms with Crippen LogP contribution in [-0.4, -0.2) is 25.1 Å². The molecule has 5 aliphatic carbocycles. The first-order chi connectivity index (χ1) is 13.9. The van der Waals surface area contributed by atoms with Crippen LogP contribution in [0.5, 0.6) is 0 Å². The molecule has 0 unspecified atom stereocenters. The molecule has 0 spiro atoms. The molecule has 5 nitrogen and oxygen atoms in total. The summed E-state index contributed by atoms with van der Waals surface area (Å²) in [5.41, 5.74) is 0.603. The van der Waals surface area contributed by atoms with Gasteiger partial charge in [-0.2, -0.15) is 0 Å². The Labute approximate surface area is 179 Å². The predicted octanol–water partition coefficient (Wildman–Crippen LogP) is 4.16. The zero-order chi connectivity index (χ0) is 20.1. The maximum Gasteiger partial charge on any atom is 0.241 e. The average Bonchev–Trinajstić information content (AvgIpc) is 3.13. The van der Waals surface area contributed by atoms with Crippen LogP contribution < -0.4 is 15.4 Å². The monoisotopic (exact) mass is 433 g/mol. The van der Waals surface area contributed by atoms with Crippen LogP contribution in [0.25, 0.3) is 0 Å². The fraction of sp³-hybridized carbons (Fsp3) is 0.682. The first-order valence-corrected chi connectivity index (χ1v) is 13.0. The van der Waals surface area contributed by atoms with Crippen molar-refractivity contribution in [3.63, 3.8) is 0 Å². The van der Waals surface area contributed by atoms with Gasteiger partial charge in [-0.3, -0.25) is 0 Å². The second-order valence-electron chi connectivity index (χ2n) is 9.91. The zero-order valence-electron chi connectivity index (χ0n) is 16.8. The quantitative estimate of drug-likeness (QED) is 0.608. The highest BCUT2D eigenvalue weighted by Crippen LogP contribution is 2.55. The van der Waals surface area contributed by atoms with E-state index in [4.69, 9.17) is 12.2 Å². The molecule has 0 saturated heterocycles. The molecule has 0 radical (unpaired) electrons. The van der Waals surface area contributed by atoms with E-state index in [2.05, 4.69) is 15.4 Å². The first-order valence-electron chi connectivity index (χ1n) is 11.1. The van der Waals surface area contributed by atoms with Gasteiger partial charge in [-0.05, 0) is 106 Å². The number of rotatable bonds is 5. The summed E-state index contributed by atoms with van der Waals surface area (Å²) in [4.78, 5) is 0.341. The van der Waals surface area contributed by atoms with E-state index in [9.17, 15) is 8.42 Å². The Kier molecular flexibility index (Phi) is 5.11. The minimum Gasteiger partial charge on any atom is -0.360 e. The van der Waals surface area contributed by atoms with Crippen molar-refractivity contribution in [3.05, 3.63) is 24.3 Å². The second-order valence-corrected chi connectivity index (χ2v) is 12.0. The van der Waals surface area contributed by atoms with Gasteiger partial charge in [-0.15, -0.1) is 0 Å². The molecule has 0 amide bonds. The highest BCUT2D eigenvalue weighted by atomic mass is 32.2. The van der Waals surface area contributed by atoms with Gasteiger partial charge in [0.15, 0.2) is 5.11 Å². The van der Waals surface area contributed by atoms with Gasteiger partial charge < -0.3 is 10.6 Å². The Morgan fingerprint density at radius 3 is 2.03 bits per heavy atom. The molecule has 6 rings (SSSR count). The third-order valence-corrected chi connectivity index (χ3v) is 9.32. The summed E-state index contributed by atoms with van der Waals surface area (Å²) in [7, 11) is -3.51. The highest BCUT2D eigenvalue weighted by Gasteiger charge is 2.52. The number of sulfonamides is 1. The van der Waals surface area contributed by atoms with Crippen LogP contribution in [0.3, 0.4) is 0 Å². The molecule has 0 heterocycles. The molecule has 1 aromatic carbocycles. The Hall–Kier alpha value is -1.18. The lowest BCUT2D eigenvalue weighted by Crippen LogP contribution is -2.59. The van der Waals surface area contributed by atoms with E-state index < -0.39 is 10.0 Å². The van der Waals surface area contributed by atoms with Crippen molar-refractivity contribution < 1.29 is 8.42 Å². The van der Waals surface area contributed by atoms with Gasteiger partial charge in [0, 0.05) is 17.3 Å². The van der Waals surface area contributed by atoms with Crippen LogP contribution in [0.2, 0.25) is 0 Å². The molecule has 0 atom stereocenters. The van der Waals surface area contributed by atoms with Gasteiger partial charge in [0.05, 0.1) is 4.90 Å². The summed E-state index contributed by atoms with van der Waals surface area (Å²) in [6, 6.07) is 7.43. The Morgan fingerprint density at radius 2 is 1.48 bits per heavy atom. The van der Waals surface area contributed by atoms with E-state index in [0.717, 1.165) is 37.8 Å². The van der Waals surface area contributed by atoms with Crippen molar-refractivity contribution in [2.45, 2.75) is 80.7 Å². The fourth-order valence-electron chi connectivity index (χ4n) is 6.72. The van der Waals surface area contributed by atoms with Gasteiger partial charge >= 0.3 is 0 Å². The standard InChI is InChI=1S/C22H31N3O2S2/c26-29(27,25-22-12-15-9-16(13-22)11-17(10-15)14-22)20-7-5-19(6-8-20)24-21(28)23-18-3-1-2-4-18/h5-8,15-18,25H,1-4,9-14H2,(H2,23,24,28). The largest absolute Gasteiger partial charge is 0.360 e.